The predicted molar refractivity (Wildman–Crippen MR) is 96.3 cm³/mol. The molecule has 0 saturated carbocycles. The highest BCUT2D eigenvalue weighted by atomic mass is 35.5. The standard InChI is InChI=1S/C16H14Cl2N2O3S/c17-13-6-1-10(7-14(13)18)8-24-9-15(22)19-20-16(23)11-2-4-12(21)5-3-11/h1-7,21H,8-9H2,(H,19,22)(H,20,23). The number of nitrogens with one attached hydrogen (secondary N) is 2. The van der Waals surface area contributed by atoms with Crippen molar-refractivity contribution in [2.45, 2.75) is 5.75 Å². The molecule has 0 bridgehead atoms. The SMILES string of the molecule is O=C(CSCc1ccc(Cl)c(Cl)c1)NNC(=O)c1ccc(O)cc1. The molecule has 0 atom stereocenters. The Kier molecular flexibility index (Phi) is 6.78. The van der Waals surface area contributed by atoms with E-state index in [1.54, 1.807) is 12.1 Å². The van der Waals surface area contributed by atoms with Crippen LogP contribution in [0.3, 0.4) is 0 Å². The van der Waals surface area contributed by atoms with Gasteiger partial charge in [0.25, 0.3) is 5.91 Å². The van der Waals surface area contributed by atoms with Crippen LogP contribution in [0.1, 0.15) is 15.9 Å². The van der Waals surface area contributed by atoms with Crippen LogP contribution in [0.25, 0.3) is 0 Å². The van der Waals surface area contributed by atoms with E-state index < -0.39 is 5.91 Å². The predicted octanol–water partition coefficient (Wildman–Crippen LogP) is 3.39. The summed E-state index contributed by atoms with van der Waals surface area (Å²) in [5.74, 6) is 0.0473. The highest BCUT2D eigenvalue weighted by Crippen LogP contribution is 2.24. The third-order valence-corrected chi connectivity index (χ3v) is 4.67. The summed E-state index contributed by atoms with van der Waals surface area (Å²) in [7, 11) is 0. The molecule has 0 aliphatic heterocycles. The number of aromatic hydroxyl groups is 1. The molecule has 2 aromatic carbocycles. The second-order valence-electron chi connectivity index (χ2n) is 4.79. The molecule has 0 unspecified atom stereocenters. The first-order valence-corrected chi connectivity index (χ1v) is 8.76. The van der Waals surface area contributed by atoms with Crippen LogP contribution in [0.15, 0.2) is 42.5 Å². The molecule has 2 aromatic rings. The van der Waals surface area contributed by atoms with Crippen LogP contribution in [-0.4, -0.2) is 22.7 Å². The highest BCUT2D eigenvalue weighted by Gasteiger charge is 2.08. The van der Waals surface area contributed by atoms with Gasteiger partial charge in [-0.3, -0.25) is 20.4 Å². The minimum Gasteiger partial charge on any atom is -0.508 e. The van der Waals surface area contributed by atoms with E-state index in [0.29, 0.717) is 21.4 Å². The topological polar surface area (TPSA) is 78.4 Å². The molecule has 0 radical (unpaired) electrons. The molecule has 0 aromatic heterocycles. The largest absolute Gasteiger partial charge is 0.508 e. The average molecular weight is 385 g/mol. The molecule has 0 aliphatic rings. The Labute approximate surface area is 153 Å². The molecular weight excluding hydrogens is 371 g/mol. The summed E-state index contributed by atoms with van der Waals surface area (Å²) >= 11 is 13.1. The normalized spacial score (nSPS) is 10.2. The summed E-state index contributed by atoms with van der Waals surface area (Å²) < 4.78 is 0. The van der Waals surface area contributed by atoms with Crippen LogP contribution in [0, 0.1) is 0 Å². The van der Waals surface area contributed by atoms with E-state index in [1.165, 1.54) is 36.0 Å². The van der Waals surface area contributed by atoms with Crippen LogP contribution >= 0.6 is 35.0 Å². The number of phenolic OH excluding ortho intramolecular Hbond substituents is 1. The average Bonchev–Trinajstić information content (AvgIpc) is 2.56. The Bertz CT molecular complexity index is 739. The van der Waals surface area contributed by atoms with Crippen molar-refractivity contribution >= 4 is 46.8 Å². The van der Waals surface area contributed by atoms with E-state index in [0.717, 1.165) is 5.56 Å². The molecule has 24 heavy (non-hydrogen) atoms. The number of hydrogen-bond donors (Lipinski definition) is 3. The Morgan fingerprint density at radius 1 is 1.00 bits per heavy atom. The number of carbonyl (C=O) groups excluding carboxylic acids is 2. The van der Waals surface area contributed by atoms with E-state index in [2.05, 4.69) is 10.9 Å². The third-order valence-electron chi connectivity index (χ3n) is 2.93. The summed E-state index contributed by atoms with van der Waals surface area (Å²) in [6.07, 6.45) is 0. The Balaban J connectivity index is 1.72. The van der Waals surface area contributed by atoms with Gasteiger partial charge in [-0.2, -0.15) is 0 Å². The van der Waals surface area contributed by atoms with E-state index in [-0.39, 0.29) is 17.4 Å². The molecular formula is C16H14Cl2N2O3S. The number of amides is 2. The quantitative estimate of drug-likeness (QED) is 0.690. The van der Waals surface area contributed by atoms with Gasteiger partial charge in [-0.25, -0.2) is 0 Å². The molecule has 3 N–H and O–H groups in total. The minimum atomic E-state index is -0.460. The number of rotatable bonds is 5. The second kappa shape index (κ2) is 8.82. The Morgan fingerprint density at radius 3 is 2.38 bits per heavy atom. The second-order valence-corrected chi connectivity index (χ2v) is 6.59. The van der Waals surface area contributed by atoms with Gasteiger partial charge in [-0.15, -0.1) is 11.8 Å². The van der Waals surface area contributed by atoms with Gasteiger partial charge >= 0.3 is 0 Å². The molecule has 126 valence electrons. The fourth-order valence-corrected chi connectivity index (χ4v) is 2.83. The minimum absolute atomic E-state index is 0.0642. The van der Waals surface area contributed by atoms with Crippen molar-refractivity contribution in [3.8, 4) is 5.75 Å². The van der Waals surface area contributed by atoms with Crippen molar-refractivity contribution < 1.29 is 14.7 Å². The summed E-state index contributed by atoms with van der Waals surface area (Å²) in [5.41, 5.74) is 5.93. The van der Waals surface area contributed by atoms with Crippen LogP contribution in [0.5, 0.6) is 5.75 Å². The van der Waals surface area contributed by atoms with E-state index in [9.17, 15) is 9.59 Å². The van der Waals surface area contributed by atoms with E-state index in [4.69, 9.17) is 28.3 Å². The monoisotopic (exact) mass is 384 g/mol. The number of halogens is 2. The number of thioether (sulfide) groups is 1. The summed E-state index contributed by atoms with van der Waals surface area (Å²) in [4.78, 5) is 23.5. The third kappa shape index (κ3) is 5.63. The fourth-order valence-electron chi connectivity index (χ4n) is 1.74. The number of hydrazine groups is 1. The zero-order chi connectivity index (χ0) is 17.5. The summed E-state index contributed by atoms with van der Waals surface area (Å²) in [5, 5.41) is 10.1. The maximum atomic E-state index is 11.8. The lowest BCUT2D eigenvalue weighted by molar-refractivity contribution is -0.119. The van der Waals surface area contributed by atoms with Crippen LogP contribution in [-0.2, 0) is 10.5 Å². The molecule has 0 aliphatic carbocycles. The molecule has 8 heteroatoms. The van der Waals surface area contributed by atoms with Gasteiger partial charge in [0, 0.05) is 11.3 Å². The highest BCUT2D eigenvalue weighted by molar-refractivity contribution is 7.99. The lowest BCUT2D eigenvalue weighted by Gasteiger charge is -2.08. The van der Waals surface area contributed by atoms with Crippen LogP contribution < -0.4 is 10.9 Å². The molecule has 2 amide bonds. The van der Waals surface area contributed by atoms with Crippen molar-refractivity contribution in [3.05, 3.63) is 63.6 Å². The van der Waals surface area contributed by atoms with Gasteiger partial charge < -0.3 is 5.11 Å². The van der Waals surface area contributed by atoms with Gasteiger partial charge in [-0.05, 0) is 42.0 Å². The fraction of sp³-hybridized carbons (Fsp3) is 0.125. The lowest BCUT2D eigenvalue weighted by atomic mass is 10.2. The Hall–Kier alpha value is -1.89. The van der Waals surface area contributed by atoms with E-state index in [1.807, 2.05) is 6.07 Å². The summed E-state index contributed by atoms with van der Waals surface area (Å²) in [6, 6.07) is 11.0. The van der Waals surface area contributed by atoms with Crippen LogP contribution in [0.4, 0.5) is 0 Å². The molecule has 5 nitrogen and oxygen atoms in total. The first kappa shape index (κ1) is 18.4. The molecule has 0 saturated heterocycles. The van der Waals surface area contributed by atoms with Crippen molar-refractivity contribution in [1.82, 2.24) is 10.9 Å². The zero-order valence-corrected chi connectivity index (χ0v) is 14.7. The van der Waals surface area contributed by atoms with E-state index >= 15 is 0 Å². The molecule has 0 heterocycles. The Morgan fingerprint density at radius 2 is 1.71 bits per heavy atom. The van der Waals surface area contributed by atoms with Crippen LogP contribution in [0.2, 0.25) is 10.0 Å². The summed E-state index contributed by atoms with van der Waals surface area (Å²) in [6.45, 7) is 0. The molecule has 2 rings (SSSR count). The number of hydrogen-bond acceptors (Lipinski definition) is 4. The zero-order valence-electron chi connectivity index (χ0n) is 12.4. The molecule has 0 fully saturated rings. The smallest absolute Gasteiger partial charge is 0.269 e. The first-order valence-electron chi connectivity index (χ1n) is 6.85. The van der Waals surface area contributed by atoms with Gasteiger partial charge in [0.2, 0.25) is 5.91 Å². The number of carbonyl (C=O) groups is 2. The van der Waals surface area contributed by atoms with Crippen molar-refractivity contribution in [1.29, 1.82) is 0 Å². The van der Waals surface area contributed by atoms with Crippen molar-refractivity contribution in [3.63, 3.8) is 0 Å². The lowest BCUT2D eigenvalue weighted by Crippen LogP contribution is -2.42. The van der Waals surface area contributed by atoms with Gasteiger partial charge in [0.1, 0.15) is 5.75 Å². The number of phenols is 1. The number of benzene rings is 2. The van der Waals surface area contributed by atoms with Gasteiger partial charge in [-0.1, -0.05) is 29.3 Å². The van der Waals surface area contributed by atoms with Crippen molar-refractivity contribution in [2.24, 2.45) is 0 Å². The molecule has 0 spiro atoms. The maximum absolute atomic E-state index is 11.8. The van der Waals surface area contributed by atoms with Crippen molar-refractivity contribution in [2.75, 3.05) is 5.75 Å². The maximum Gasteiger partial charge on any atom is 0.269 e. The van der Waals surface area contributed by atoms with Gasteiger partial charge in [0.05, 0.1) is 15.8 Å². The first-order chi connectivity index (χ1) is 11.5. The van der Waals surface area contributed by atoms with Gasteiger partial charge in [0.15, 0.2) is 0 Å².